The van der Waals surface area contributed by atoms with E-state index in [1.54, 1.807) is 52.4 Å². The van der Waals surface area contributed by atoms with Crippen LogP contribution in [-0.4, -0.2) is 62.2 Å². The molecule has 3 N–H and O–H groups in total. The Labute approximate surface area is 243 Å². The Morgan fingerprint density at radius 1 is 1.19 bits per heavy atom. The third-order valence-corrected chi connectivity index (χ3v) is 7.81. The molecule has 0 radical (unpaired) electrons. The number of fused-ring (bicyclic) bond motifs is 1. The second-order valence-electron chi connectivity index (χ2n) is 10.6. The van der Waals surface area contributed by atoms with E-state index in [0.717, 1.165) is 6.07 Å². The largest absolute Gasteiger partial charge is 0.464 e. The van der Waals surface area contributed by atoms with E-state index in [4.69, 9.17) is 24.5 Å². The number of imidazole rings is 1. The lowest BCUT2D eigenvalue weighted by Gasteiger charge is -2.31. The summed E-state index contributed by atoms with van der Waals surface area (Å²) in [5.74, 6) is -1.54. The van der Waals surface area contributed by atoms with Crippen LogP contribution >= 0.6 is 7.52 Å². The average molecular weight is 609 g/mol. The summed E-state index contributed by atoms with van der Waals surface area (Å²) in [6.07, 6.45) is 1.78. The summed E-state index contributed by atoms with van der Waals surface area (Å²) in [5.41, 5.74) is 6.09. The van der Waals surface area contributed by atoms with Crippen LogP contribution in [0.3, 0.4) is 0 Å². The number of carbonyl (C=O) groups is 2. The number of hydrogen-bond donors (Lipinski definition) is 2. The molecule has 0 bridgehead atoms. The fourth-order valence-corrected chi connectivity index (χ4v) is 5.85. The van der Waals surface area contributed by atoms with Crippen molar-refractivity contribution >= 4 is 36.4 Å². The maximum atomic E-state index is 14.2. The van der Waals surface area contributed by atoms with E-state index in [0.29, 0.717) is 17.7 Å². The molecule has 42 heavy (non-hydrogen) atoms. The second-order valence-corrected chi connectivity index (χ2v) is 12.7. The molecule has 0 spiro atoms. The zero-order chi connectivity index (χ0) is 31.1. The van der Waals surface area contributed by atoms with Gasteiger partial charge in [0.1, 0.15) is 30.6 Å². The first kappa shape index (κ1) is 33.1. The zero-order valence-electron chi connectivity index (χ0n) is 24.6. The maximum absolute atomic E-state index is 14.2. The van der Waals surface area contributed by atoms with Gasteiger partial charge in [-0.3, -0.25) is 9.36 Å². The highest BCUT2D eigenvalue weighted by Crippen LogP contribution is 2.46. The molecule has 1 aromatic carbocycles. The highest BCUT2D eigenvalue weighted by Gasteiger charge is 2.34. The first-order valence-corrected chi connectivity index (χ1v) is 15.2. The van der Waals surface area contributed by atoms with Gasteiger partial charge in [-0.25, -0.2) is 29.2 Å². The Hall–Kier alpha value is -3.45. The van der Waals surface area contributed by atoms with Crippen LogP contribution in [0.15, 0.2) is 30.9 Å². The fraction of sp³-hybridized carbons (Fsp3) is 0.519. The second kappa shape index (κ2) is 14.1. The summed E-state index contributed by atoms with van der Waals surface area (Å²) in [6, 6.07) is 3.58. The minimum Gasteiger partial charge on any atom is -0.464 e. The Balaban J connectivity index is 1.79. The van der Waals surface area contributed by atoms with Crippen LogP contribution < -0.4 is 10.8 Å². The number of rotatable bonds is 15. The normalized spacial score (nSPS) is 14.1. The summed E-state index contributed by atoms with van der Waals surface area (Å²) in [6.45, 7) is 10.1. The molecule has 2 aromatic heterocycles. The number of halogens is 1. The van der Waals surface area contributed by atoms with Crippen molar-refractivity contribution in [1.82, 2.24) is 24.6 Å². The van der Waals surface area contributed by atoms with Crippen molar-refractivity contribution in [2.75, 3.05) is 18.7 Å². The SMILES string of the molecule is CCC(=O)OCC(C)(C)NP(=O)(CO[C@@H](C)Cn1cnc2c(N)ncnc21)OCc1ccc(F)cc1C(=O)OC(C)C. The molecule has 1 unspecified atom stereocenters. The van der Waals surface area contributed by atoms with Crippen molar-refractivity contribution in [3.05, 3.63) is 47.8 Å². The Morgan fingerprint density at radius 2 is 1.93 bits per heavy atom. The molecule has 13 nitrogen and oxygen atoms in total. The molecular weight excluding hydrogens is 570 g/mol. The van der Waals surface area contributed by atoms with Gasteiger partial charge < -0.3 is 29.0 Å². The molecule has 230 valence electrons. The standard InChI is InChI=1S/C27H38FN6O7P/c1-7-22(35)38-13-27(5,6)33-42(37,40-12-19-8-9-20(28)10-21(19)26(36)41-17(2)3)16-39-18(4)11-34-15-32-23-24(29)30-14-31-25(23)34/h8-10,14-15,17-18H,7,11-13,16H2,1-6H3,(H,33,37)(H2,29,30,31)/t18-,42?/m0/s1. The monoisotopic (exact) mass is 608 g/mol. The number of benzene rings is 1. The van der Waals surface area contributed by atoms with Crippen LogP contribution in [0.2, 0.25) is 0 Å². The average Bonchev–Trinajstić information content (AvgIpc) is 3.33. The fourth-order valence-electron chi connectivity index (χ4n) is 3.86. The van der Waals surface area contributed by atoms with Crippen molar-refractivity contribution in [3.8, 4) is 0 Å². The molecule has 0 aliphatic heterocycles. The molecule has 3 rings (SSSR count). The molecule has 2 atom stereocenters. The van der Waals surface area contributed by atoms with Gasteiger partial charge in [-0.2, -0.15) is 0 Å². The lowest BCUT2D eigenvalue weighted by molar-refractivity contribution is -0.145. The van der Waals surface area contributed by atoms with Gasteiger partial charge in [-0.05, 0) is 52.3 Å². The molecule has 0 fully saturated rings. The molecule has 2 heterocycles. The molecule has 3 aromatic rings. The Morgan fingerprint density at radius 3 is 2.62 bits per heavy atom. The summed E-state index contributed by atoms with van der Waals surface area (Å²) in [5, 5.41) is 2.95. The van der Waals surface area contributed by atoms with Crippen LogP contribution in [0.5, 0.6) is 0 Å². The van der Waals surface area contributed by atoms with E-state index in [9.17, 15) is 18.5 Å². The van der Waals surface area contributed by atoms with Crippen LogP contribution in [-0.2, 0) is 41.2 Å². The quantitative estimate of drug-likeness (QED) is 0.186. The topological polar surface area (TPSA) is 170 Å². The number of anilines is 1. The molecule has 0 amide bonds. The van der Waals surface area contributed by atoms with Gasteiger partial charge in [0.2, 0.25) is 0 Å². The first-order chi connectivity index (χ1) is 19.7. The lowest BCUT2D eigenvalue weighted by atomic mass is 10.1. The summed E-state index contributed by atoms with van der Waals surface area (Å²) < 4.78 is 52.2. The van der Waals surface area contributed by atoms with E-state index in [1.165, 1.54) is 18.5 Å². The van der Waals surface area contributed by atoms with E-state index in [2.05, 4.69) is 20.0 Å². The number of hydrogen-bond acceptors (Lipinski definition) is 11. The number of nitrogen functional groups attached to an aromatic ring is 1. The molecule has 0 aliphatic rings. The number of aromatic nitrogens is 4. The minimum absolute atomic E-state index is 0.0473. The van der Waals surface area contributed by atoms with Crippen LogP contribution in [0.25, 0.3) is 11.2 Å². The summed E-state index contributed by atoms with van der Waals surface area (Å²) in [7, 11) is -3.84. The van der Waals surface area contributed by atoms with Gasteiger partial charge in [-0.1, -0.05) is 13.0 Å². The predicted octanol–water partition coefficient (Wildman–Crippen LogP) is 4.21. The summed E-state index contributed by atoms with van der Waals surface area (Å²) >= 11 is 0. The van der Waals surface area contributed by atoms with Crippen molar-refractivity contribution in [3.63, 3.8) is 0 Å². The molecule has 0 saturated carbocycles. The number of carbonyl (C=O) groups excluding carboxylic acids is 2. The van der Waals surface area contributed by atoms with Gasteiger partial charge in [0.15, 0.2) is 11.5 Å². The number of nitrogens with two attached hydrogens (primary N) is 1. The maximum Gasteiger partial charge on any atom is 0.338 e. The van der Waals surface area contributed by atoms with E-state index >= 15 is 0 Å². The van der Waals surface area contributed by atoms with Crippen LogP contribution in [0.1, 0.15) is 63.9 Å². The Bertz CT molecular complexity index is 1450. The number of nitrogens with zero attached hydrogens (tertiary/aromatic N) is 4. The van der Waals surface area contributed by atoms with Gasteiger partial charge in [0.25, 0.3) is 7.52 Å². The molecule has 0 aliphatic carbocycles. The van der Waals surface area contributed by atoms with E-state index in [-0.39, 0.29) is 42.9 Å². The van der Waals surface area contributed by atoms with Gasteiger partial charge in [-0.15, -0.1) is 0 Å². The number of nitrogens with one attached hydrogen (secondary N) is 1. The Kier molecular flexibility index (Phi) is 11.1. The third kappa shape index (κ3) is 9.28. The highest BCUT2D eigenvalue weighted by molar-refractivity contribution is 7.56. The van der Waals surface area contributed by atoms with Crippen LogP contribution in [0, 0.1) is 5.82 Å². The van der Waals surface area contributed by atoms with Gasteiger partial charge >= 0.3 is 11.9 Å². The van der Waals surface area contributed by atoms with Crippen molar-refractivity contribution in [2.24, 2.45) is 0 Å². The zero-order valence-corrected chi connectivity index (χ0v) is 25.5. The predicted molar refractivity (Wildman–Crippen MR) is 153 cm³/mol. The first-order valence-electron chi connectivity index (χ1n) is 13.4. The van der Waals surface area contributed by atoms with E-state index in [1.807, 2.05) is 0 Å². The van der Waals surface area contributed by atoms with Gasteiger partial charge in [0.05, 0.1) is 42.8 Å². The lowest BCUT2D eigenvalue weighted by Crippen LogP contribution is -2.43. The smallest absolute Gasteiger partial charge is 0.338 e. The molecule has 0 saturated heterocycles. The number of esters is 2. The molecular formula is C27H38FN6O7P. The number of ether oxygens (including phenoxy) is 3. The van der Waals surface area contributed by atoms with Crippen molar-refractivity contribution < 1.29 is 37.3 Å². The van der Waals surface area contributed by atoms with Crippen LogP contribution in [0.4, 0.5) is 10.2 Å². The molecule has 15 heteroatoms. The minimum atomic E-state index is -3.84. The van der Waals surface area contributed by atoms with Crippen molar-refractivity contribution in [2.45, 2.75) is 78.9 Å². The summed E-state index contributed by atoms with van der Waals surface area (Å²) in [4.78, 5) is 36.8. The van der Waals surface area contributed by atoms with E-state index < -0.39 is 43.0 Å². The van der Waals surface area contributed by atoms with Gasteiger partial charge in [0, 0.05) is 6.42 Å². The highest BCUT2D eigenvalue weighted by atomic mass is 31.2. The third-order valence-electron chi connectivity index (χ3n) is 5.83. The van der Waals surface area contributed by atoms with Crippen molar-refractivity contribution in [1.29, 1.82) is 0 Å².